The highest BCUT2D eigenvalue weighted by Gasteiger charge is 2.27. The lowest BCUT2D eigenvalue weighted by atomic mass is 10.1. The largest absolute Gasteiger partial charge is 0.351 e. The van der Waals surface area contributed by atoms with Crippen LogP contribution >= 0.6 is 0 Å². The molecule has 2 amide bonds. The molecule has 0 unspecified atom stereocenters. The van der Waals surface area contributed by atoms with Gasteiger partial charge in [-0.3, -0.25) is 9.59 Å². The molecule has 0 atom stereocenters. The third kappa shape index (κ3) is 5.31. The molecular formula is C19H32N4O2. The van der Waals surface area contributed by atoms with Crippen LogP contribution in [0, 0.1) is 5.92 Å². The summed E-state index contributed by atoms with van der Waals surface area (Å²) in [5.41, 5.74) is 1.35. The number of carbonyl (C=O) groups excluding carboxylic acids is 2. The first-order valence-corrected chi connectivity index (χ1v) is 9.70. The monoisotopic (exact) mass is 348 g/mol. The summed E-state index contributed by atoms with van der Waals surface area (Å²) < 4.78 is 1.94. The first kappa shape index (κ1) is 19.5. The zero-order valence-corrected chi connectivity index (χ0v) is 15.9. The average Bonchev–Trinajstić information content (AvgIpc) is 2.98. The third-order valence-electron chi connectivity index (χ3n) is 4.61. The first-order valence-electron chi connectivity index (χ1n) is 9.70. The molecule has 2 rings (SSSR count). The maximum Gasteiger partial charge on any atom is 0.287 e. The van der Waals surface area contributed by atoms with Gasteiger partial charge in [-0.15, -0.1) is 0 Å². The molecule has 6 nitrogen and oxygen atoms in total. The maximum atomic E-state index is 12.5. The van der Waals surface area contributed by atoms with Gasteiger partial charge in [0.05, 0.1) is 5.69 Å². The molecule has 2 N–H and O–H groups in total. The van der Waals surface area contributed by atoms with E-state index in [0.29, 0.717) is 30.5 Å². The topological polar surface area (TPSA) is 76.0 Å². The summed E-state index contributed by atoms with van der Waals surface area (Å²) >= 11 is 0. The number of nitrogens with one attached hydrogen (secondary N) is 2. The number of hydrogen-bond acceptors (Lipinski definition) is 3. The van der Waals surface area contributed by atoms with E-state index in [1.165, 1.54) is 0 Å². The summed E-state index contributed by atoms with van der Waals surface area (Å²) in [6.07, 6.45) is 7.00. The molecular weight excluding hydrogens is 316 g/mol. The third-order valence-corrected chi connectivity index (χ3v) is 4.61. The number of fused-ring (bicyclic) bond motifs is 1. The van der Waals surface area contributed by atoms with Crippen LogP contribution in [0.1, 0.15) is 86.1 Å². The Morgan fingerprint density at radius 2 is 1.88 bits per heavy atom. The SMILES string of the molecule is CCCCCNC(=O)c1nc(C(=O)NCCC(C)C)n2c1CCCC2. The number of nitrogens with zero attached hydrogens (tertiary/aromatic N) is 2. The summed E-state index contributed by atoms with van der Waals surface area (Å²) in [4.78, 5) is 29.4. The van der Waals surface area contributed by atoms with Crippen LogP contribution in [0.25, 0.3) is 0 Å². The zero-order chi connectivity index (χ0) is 18.2. The molecule has 2 heterocycles. The molecule has 1 aliphatic rings. The van der Waals surface area contributed by atoms with Crippen molar-refractivity contribution in [3.8, 4) is 0 Å². The fourth-order valence-corrected chi connectivity index (χ4v) is 3.11. The van der Waals surface area contributed by atoms with E-state index in [1.807, 2.05) is 4.57 Å². The number of hydrogen-bond donors (Lipinski definition) is 2. The molecule has 0 fully saturated rings. The van der Waals surface area contributed by atoms with E-state index in [-0.39, 0.29) is 11.8 Å². The Hall–Kier alpha value is -1.85. The quantitative estimate of drug-likeness (QED) is 0.674. The normalized spacial score (nSPS) is 13.6. The van der Waals surface area contributed by atoms with Gasteiger partial charge >= 0.3 is 0 Å². The van der Waals surface area contributed by atoms with E-state index in [9.17, 15) is 9.59 Å². The molecule has 0 saturated heterocycles. The number of unbranched alkanes of at least 4 members (excludes halogenated alkanes) is 2. The van der Waals surface area contributed by atoms with Gasteiger partial charge in [0, 0.05) is 19.6 Å². The first-order chi connectivity index (χ1) is 12.0. The predicted octanol–water partition coefficient (Wildman–Crippen LogP) is 2.92. The van der Waals surface area contributed by atoms with Crippen LogP contribution in [-0.4, -0.2) is 34.5 Å². The lowest BCUT2D eigenvalue weighted by Crippen LogP contribution is -2.29. The smallest absolute Gasteiger partial charge is 0.287 e. The molecule has 0 spiro atoms. The second-order valence-electron chi connectivity index (χ2n) is 7.24. The molecule has 1 aromatic rings. The lowest BCUT2D eigenvalue weighted by molar-refractivity contribution is 0.0936. The van der Waals surface area contributed by atoms with Crippen LogP contribution < -0.4 is 10.6 Å². The van der Waals surface area contributed by atoms with Crippen molar-refractivity contribution in [2.24, 2.45) is 5.92 Å². The second kappa shape index (κ2) is 9.59. The van der Waals surface area contributed by atoms with Crippen molar-refractivity contribution in [1.82, 2.24) is 20.2 Å². The van der Waals surface area contributed by atoms with E-state index in [1.54, 1.807) is 0 Å². The van der Waals surface area contributed by atoms with Crippen molar-refractivity contribution in [3.63, 3.8) is 0 Å². The molecule has 140 valence electrons. The molecule has 6 heteroatoms. The summed E-state index contributed by atoms with van der Waals surface area (Å²) in [5, 5.41) is 5.89. The fourth-order valence-electron chi connectivity index (χ4n) is 3.11. The number of imidazole rings is 1. The van der Waals surface area contributed by atoms with Crippen molar-refractivity contribution in [2.75, 3.05) is 13.1 Å². The molecule has 0 saturated carbocycles. The van der Waals surface area contributed by atoms with E-state index in [0.717, 1.165) is 57.2 Å². The van der Waals surface area contributed by atoms with Crippen molar-refractivity contribution < 1.29 is 9.59 Å². The minimum Gasteiger partial charge on any atom is -0.351 e. The van der Waals surface area contributed by atoms with Gasteiger partial charge in [0.2, 0.25) is 0 Å². The van der Waals surface area contributed by atoms with E-state index < -0.39 is 0 Å². The van der Waals surface area contributed by atoms with Gasteiger partial charge in [-0.2, -0.15) is 0 Å². The molecule has 0 aliphatic carbocycles. The van der Waals surface area contributed by atoms with Gasteiger partial charge in [0.1, 0.15) is 5.69 Å². The summed E-state index contributed by atoms with van der Waals surface area (Å²) in [6.45, 7) is 8.46. The van der Waals surface area contributed by atoms with Crippen LogP contribution in [0.3, 0.4) is 0 Å². The Labute approximate surface area is 150 Å². The van der Waals surface area contributed by atoms with Crippen molar-refractivity contribution in [1.29, 1.82) is 0 Å². The van der Waals surface area contributed by atoms with Crippen LogP contribution in [0.5, 0.6) is 0 Å². The zero-order valence-electron chi connectivity index (χ0n) is 15.9. The Kier molecular flexibility index (Phi) is 7.47. The Balaban J connectivity index is 2.09. The van der Waals surface area contributed by atoms with Crippen LogP contribution in [0.4, 0.5) is 0 Å². The maximum absolute atomic E-state index is 12.5. The van der Waals surface area contributed by atoms with Gasteiger partial charge in [-0.25, -0.2) is 4.98 Å². The summed E-state index contributed by atoms with van der Waals surface area (Å²) in [6, 6.07) is 0. The number of rotatable bonds is 9. The molecule has 1 aromatic heterocycles. The van der Waals surface area contributed by atoms with Gasteiger partial charge < -0.3 is 15.2 Å². The number of amides is 2. The van der Waals surface area contributed by atoms with Crippen molar-refractivity contribution >= 4 is 11.8 Å². The van der Waals surface area contributed by atoms with E-state index in [2.05, 4.69) is 36.4 Å². The van der Waals surface area contributed by atoms with E-state index >= 15 is 0 Å². The molecule has 25 heavy (non-hydrogen) atoms. The van der Waals surface area contributed by atoms with Crippen molar-refractivity contribution in [2.45, 2.75) is 72.3 Å². The minimum absolute atomic E-state index is 0.150. The predicted molar refractivity (Wildman–Crippen MR) is 98.8 cm³/mol. The fraction of sp³-hybridized carbons (Fsp3) is 0.737. The van der Waals surface area contributed by atoms with Crippen LogP contribution in [0.15, 0.2) is 0 Å². The standard InChI is InChI=1S/C19H32N4O2/c1-4-5-7-11-20-18(24)16-15-9-6-8-13-23(15)17(22-16)19(25)21-12-10-14(2)3/h14H,4-13H2,1-3H3,(H,20,24)(H,21,25). The summed E-state index contributed by atoms with van der Waals surface area (Å²) in [5.74, 6) is 0.605. The second-order valence-corrected chi connectivity index (χ2v) is 7.24. The van der Waals surface area contributed by atoms with E-state index in [4.69, 9.17) is 0 Å². The molecule has 0 aromatic carbocycles. The highest BCUT2D eigenvalue weighted by molar-refractivity contribution is 5.97. The minimum atomic E-state index is -0.172. The van der Waals surface area contributed by atoms with Crippen LogP contribution in [-0.2, 0) is 13.0 Å². The Morgan fingerprint density at radius 3 is 2.60 bits per heavy atom. The van der Waals surface area contributed by atoms with Gasteiger partial charge in [-0.1, -0.05) is 33.6 Å². The summed E-state index contributed by atoms with van der Waals surface area (Å²) in [7, 11) is 0. The van der Waals surface area contributed by atoms with Gasteiger partial charge in [0.15, 0.2) is 5.82 Å². The molecule has 0 radical (unpaired) electrons. The molecule has 0 bridgehead atoms. The lowest BCUT2D eigenvalue weighted by Gasteiger charge is -2.17. The Morgan fingerprint density at radius 1 is 1.12 bits per heavy atom. The van der Waals surface area contributed by atoms with Crippen molar-refractivity contribution in [3.05, 3.63) is 17.2 Å². The Bertz CT molecular complexity index is 592. The highest BCUT2D eigenvalue weighted by atomic mass is 16.2. The van der Waals surface area contributed by atoms with Gasteiger partial charge in [0.25, 0.3) is 11.8 Å². The average molecular weight is 348 g/mol. The van der Waals surface area contributed by atoms with Crippen LogP contribution in [0.2, 0.25) is 0 Å². The number of carbonyl (C=O) groups is 2. The highest BCUT2D eigenvalue weighted by Crippen LogP contribution is 2.21. The molecule has 1 aliphatic heterocycles. The number of aromatic nitrogens is 2. The van der Waals surface area contributed by atoms with Gasteiger partial charge in [-0.05, 0) is 38.0 Å².